The third-order valence-electron chi connectivity index (χ3n) is 5.37. The van der Waals surface area contributed by atoms with Crippen LogP contribution in [0.1, 0.15) is 51.7 Å². The molecule has 4 nitrogen and oxygen atoms in total. The van der Waals surface area contributed by atoms with Crippen molar-refractivity contribution in [3.8, 4) is 0 Å². The van der Waals surface area contributed by atoms with Gasteiger partial charge in [-0.05, 0) is 42.8 Å². The molecule has 0 unspecified atom stereocenters. The van der Waals surface area contributed by atoms with E-state index in [9.17, 15) is 0 Å². The highest BCUT2D eigenvalue weighted by Crippen LogP contribution is 2.23. The largest absolute Gasteiger partial charge is 0.354 e. The third-order valence-corrected chi connectivity index (χ3v) is 5.71. The highest BCUT2D eigenvalue weighted by atomic mass is 35.5. The number of nitrogens with zero attached hydrogens (tertiary/aromatic N) is 2. The van der Waals surface area contributed by atoms with Gasteiger partial charge in [0.1, 0.15) is 11.7 Å². The van der Waals surface area contributed by atoms with E-state index in [4.69, 9.17) is 17.0 Å². The van der Waals surface area contributed by atoms with E-state index in [0.717, 1.165) is 49.6 Å². The predicted molar refractivity (Wildman–Crippen MR) is 135 cm³/mol. The molecule has 0 spiro atoms. The van der Waals surface area contributed by atoms with Crippen LogP contribution in [0.4, 0.5) is 4.39 Å². The Balaban J connectivity index is 0.00000176. The average Bonchev–Trinajstić information content (AvgIpc) is 3.21. The maximum Gasteiger partial charge on any atom is 0.130 e. The Labute approximate surface area is 196 Å². The second-order valence-corrected chi connectivity index (χ2v) is 7.87. The second kappa shape index (κ2) is 13.2. The van der Waals surface area contributed by atoms with Gasteiger partial charge in [0, 0.05) is 53.9 Å². The zero-order chi connectivity index (χ0) is 23.5. The lowest BCUT2D eigenvalue weighted by molar-refractivity contribution is 0.356. The second-order valence-electron chi connectivity index (χ2n) is 7.46. The lowest BCUT2D eigenvalue weighted by Gasteiger charge is -2.29. The summed E-state index contributed by atoms with van der Waals surface area (Å²) in [5, 5.41) is 14.2. The number of hydrogen-bond donors (Lipinski definition) is 2. The monoisotopic (exact) mass is 458 g/mol. The molecule has 32 heavy (non-hydrogen) atoms. The first-order chi connectivity index (χ1) is 15.5. The molecule has 0 atom stereocenters. The van der Waals surface area contributed by atoms with E-state index in [0.29, 0.717) is 28.5 Å². The Morgan fingerprint density at radius 1 is 1.25 bits per heavy atom. The Hall–Kier alpha value is -2.37. The maximum atomic E-state index is 15.0. The van der Waals surface area contributed by atoms with E-state index >= 15 is 4.39 Å². The summed E-state index contributed by atoms with van der Waals surface area (Å²) in [4.78, 5) is 1.95. The molecule has 2 heterocycles. The van der Waals surface area contributed by atoms with Crippen LogP contribution >= 0.6 is 11.6 Å². The first-order valence-electron chi connectivity index (χ1n) is 11.6. The molecule has 6 heteroatoms. The van der Waals surface area contributed by atoms with Crippen molar-refractivity contribution >= 4 is 29.6 Å². The summed E-state index contributed by atoms with van der Waals surface area (Å²) in [5.74, 6) is -0.0524. The fraction of sp³-hybridized carbons (Fsp3) is 0.423. The quantitative estimate of drug-likeness (QED) is 0.493. The Bertz CT molecular complexity index is 1010. The summed E-state index contributed by atoms with van der Waals surface area (Å²) >= 11 is 6.49. The molecular weight excluding hydrogens is 423 g/mol. The molecule has 0 radical (unpaired) electrons. The number of unbranched alkanes of at least 4 members (excludes halogenated alkanes) is 1. The number of nitrogens with one attached hydrogen (secondary N) is 2. The molecular formula is C26H36ClFN4. The van der Waals surface area contributed by atoms with E-state index in [1.54, 1.807) is 6.07 Å². The van der Waals surface area contributed by atoms with Crippen LogP contribution in [0.3, 0.4) is 0 Å². The van der Waals surface area contributed by atoms with Gasteiger partial charge in [-0.1, -0.05) is 57.0 Å². The molecule has 3 rings (SSSR count). The Kier molecular flexibility index (Phi) is 10.7. The van der Waals surface area contributed by atoms with Crippen LogP contribution in [0, 0.1) is 11.2 Å². The van der Waals surface area contributed by atoms with Crippen molar-refractivity contribution in [1.82, 2.24) is 14.8 Å². The molecule has 2 aromatic rings. The van der Waals surface area contributed by atoms with Crippen molar-refractivity contribution in [3.63, 3.8) is 0 Å². The van der Waals surface area contributed by atoms with Crippen molar-refractivity contribution < 1.29 is 4.39 Å². The van der Waals surface area contributed by atoms with Crippen LogP contribution in [-0.2, 0) is 6.54 Å². The minimum absolute atomic E-state index is 0.322. The van der Waals surface area contributed by atoms with Gasteiger partial charge in [0.15, 0.2) is 0 Å². The molecule has 0 amide bonds. The lowest BCUT2D eigenvalue weighted by atomic mass is 10.1. The fourth-order valence-corrected chi connectivity index (χ4v) is 3.90. The van der Waals surface area contributed by atoms with E-state index in [2.05, 4.69) is 30.5 Å². The molecule has 1 aliphatic heterocycles. The van der Waals surface area contributed by atoms with Gasteiger partial charge in [0.25, 0.3) is 0 Å². The normalized spacial score (nSPS) is 15.2. The summed E-state index contributed by atoms with van der Waals surface area (Å²) in [6, 6.07) is 5.18. The van der Waals surface area contributed by atoms with Crippen LogP contribution in [-0.4, -0.2) is 41.5 Å². The van der Waals surface area contributed by atoms with Crippen molar-refractivity contribution in [2.75, 3.05) is 26.2 Å². The first kappa shape index (κ1) is 25.9. The van der Waals surface area contributed by atoms with Gasteiger partial charge in [0.2, 0.25) is 0 Å². The number of aromatic nitrogens is 1. The topological polar surface area (TPSA) is 44.1 Å². The molecule has 1 fully saturated rings. The first-order valence-corrected chi connectivity index (χ1v) is 11.9. The standard InChI is InChI=1S/C24H30ClFN4.C2H6/c1-3-5-6-7-8-23-18(4-2)9-12-30(23)17-20-21(25)15-19(16-22(20)26)24(27)29-13-10-28-11-14-29;1-2/h4,6-9,12,15-16,27-28H,3,5,10-11,13-14,17H2,1-2H3;1-2H3/b7-6-,18-4-,23-8+,27-24?;. The van der Waals surface area contributed by atoms with Gasteiger partial charge in [-0.15, -0.1) is 0 Å². The van der Waals surface area contributed by atoms with Crippen molar-refractivity contribution in [1.29, 1.82) is 5.41 Å². The highest BCUT2D eigenvalue weighted by Gasteiger charge is 2.18. The van der Waals surface area contributed by atoms with Crippen LogP contribution in [0.25, 0.3) is 12.2 Å². The zero-order valence-corrected chi connectivity index (χ0v) is 20.5. The molecule has 1 aliphatic rings. The van der Waals surface area contributed by atoms with Gasteiger partial charge < -0.3 is 14.8 Å². The zero-order valence-electron chi connectivity index (χ0n) is 19.7. The van der Waals surface area contributed by atoms with Gasteiger partial charge >= 0.3 is 0 Å². The molecule has 0 saturated carbocycles. The molecule has 1 aromatic heterocycles. The van der Waals surface area contributed by atoms with Crippen LogP contribution in [0.5, 0.6) is 0 Å². The number of amidine groups is 1. The molecule has 2 N–H and O–H groups in total. The number of rotatable bonds is 6. The molecule has 0 aliphatic carbocycles. The summed E-state index contributed by atoms with van der Waals surface area (Å²) in [6.07, 6.45) is 12.4. The van der Waals surface area contributed by atoms with Crippen molar-refractivity contribution in [2.45, 2.75) is 47.1 Å². The summed E-state index contributed by atoms with van der Waals surface area (Å²) in [6.45, 7) is 11.6. The van der Waals surface area contributed by atoms with Gasteiger partial charge in [-0.3, -0.25) is 5.41 Å². The Morgan fingerprint density at radius 3 is 2.59 bits per heavy atom. The van der Waals surface area contributed by atoms with Gasteiger partial charge in [0.05, 0.1) is 6.54 Å². The molecule has 1 aromatic carbocycles. The number of allylic oxidation sites excluding steroid dienone is 2. The fourth-order valence-electron chi connectivity index (χ4n) is 3.63. The lowest BCUT2D eigenvalue weighted by Crippen LogP contribution is -2.46. The summed E-state index contributed by atoms with van der Waals surface area (Å²) < 4.78 is 17.1. The number of benzene rings is 1. The molecule has 0 bridgehead atoms. The van der Waals surface area contributed by atoms with Crippen molar-refractivity contribution in [2.24, 2.45) is 0 Å². The number of hydrogen-bond acceptors (Lipinski definition) is 2. The molecule has 174 valence electrons. The Morgan fingerprint density at radius 2 is 1.97 bits per heavy atom. The third kappa shape index (κ3) is 6.57. The number of halogens is 2. The summed E-state index contributed by atoms with van der Waals surface area (Å²) in [7, 11) is 0. The molecule has 1 saturated heterocycles. The highest BCUT2D eigenvalue weighted by molar-refractivity contribution is 6.31. The number of piperazine rings is 1. The van der Waals surface area contributed by atoms with Crippen LogP contribution in [0.2, 0.25) is 5.02 Å². The average molecular weight is 459 g/mol. The summed E-state index contributed by atoms with van der Waals surface area (Å²) in [5.41, 5.74) is 0.964. The van der Waals surface area contributed by atoms with E-state index in [1.165, 1.54) is 6.07 Å². The van der Waals surface area contributed by atoms with E-state index in [-0.39, 0.29) is 5.82 Å². The van der Waals surface area contributed by atoms with Crippen molar-refractivity contribution in [3.05, 3.63) is 69.1 Å². The minimum atomic E-state index is -0.374. The van der Waals surface area contributed by atoms with E-state index < -0.39 is 0 Å². The maximum absolute atomic E-state index is 15.0. The SMILES string of the molecule is C/C=c1/ccn(Cc2c(F)cc(C(=N)N3CCNCC3)cc2Cl)/c1=C/C=C\CCC.CC. The van der Waals surface area contributed by atoms with Gasteiger partial charge in [-0.25, -0.2) is 4.39 Å². The van der Waals surface area contributed by atoms with Gasteiger partial charge in [-0.2, -0.15) is 0 Å². The van der Waals surface area contributed by atoms with E-state index in [1.807, 2.05) is 48.6 Å². The minimum Gasteiger partial charge on any atom is -0.354 e. The predicted octanol–water partition coefficient (Wildman–Crippen LogP) is 4.52. The van der Waals surface area contributed by atoms with Crippen LogP contribution < -0.4 is 15.9 Å². The van der Waals surface area contributed by atoms with Crippen LogP contribution in [0.15, 0.2) is 36.5 Å². The smallest absolute Gasteiger partial charge is 0.130 e.